The Bertz CT molecular complexity index is 1240. The van der Waals surface area contributed by atoms with Crippen LogP contribution < -0.4 is 24.2 Å². The Kier molecular flexibility index (Phi) is 7.57. The molecule has 9 heteroatoms. The average molecular weight is 469 g/mol. The molecular formula is C24H24N2O6S. The summed E-state index contributed by atoms with van der Waals surface area (Å²) in [6, 6.07) is 18.0. The molecule has 172 valence electrons. The molecule has 3 aromatic rings. The van der Waals surface area contributed by atoms with E-state index in [0.717, 1.165) is 5.56 Å². The van der Waals surface area contributed by atoms with Crippen molar-refractivity contribution in [3.63, 3.8) is 0 Å². The zero-order valence-electron chi connectivity index (χ0n) is 18.4. The maximum atomic E-state index is 13.0. The number of nitrogens with one attached hydrogen (secondary N) is 2. The number of benzene rings is 3. The van der Waals surface area contributed by atoms with Gasteiger partial charge in [-0.25, -0.2) is 8.42 Å². The molecule has 0 aliphatic carbocycles. The molecule has 0 bridgehead atoms. The summed E-state index contributed by atoms with van der Waals surface area (Å²) in [5, 5.41) is 2.66. The molecule has 0 heterocycles. The van der Waals surface area contributed by atoms with Gasteiger partial charge in [0.15, 0.2) is 0 Å². The van der Waals surface area contributed by atoms with Gasteiger partial charge in [-0.05, 0) is 66.2 Å². The number of hydrogen-bond donors (Lipinski definition) is 2. The lowest BCUT2D eigenvalue weighted by Gasteiger charge is -2.13. The predicted molar refractivity (Wildman–Crippen MR) is 127 cm³/mol. The van der Waals surface area contributed by atoms with Crippen molar-refractivity contribution >= 4 is 33.4 Å². The third kappa shape index (κ3) is 6.27. The van der Waals surface area contributed by atoms with Crippen LogP contribution in [0.4, 0.5) is 11.4 Å². The third-order valence-corrected chi connectivity index (χ3v) is 6.01. The molecule has 2 N–H and O–H groups in total. The quantitative estimate of drug-likeness (QED) is 0.457. The van der Waals surface area contributed by atoms with Crippen LogP contribution >= 0.6 is 0 Å². The summed E-state index contributed by atoms with van der Waals surface area (Å²) >= 11 is 0. The van der Waals surface area contributed by atoms with Crippen LogP contribution in [0.3, 0.4) is 0 Å². The fraction of sp³-hybridized carbons (Fsp3) is 0.125. The lowest BCUT2D eigenvalue weighted by Crippen LogP contribution is -2.15. The summed E-state index contributed by atoms with van der Waals surface area (Å²) in [5.41, 5.74) is 1.47. The molecule has 0 saturated carbocycles. The smallest absolute Gasteiger partial charge is 0.265 e. The van der Waals surface area contributed by atoms with Crippen LogP contribution in [-0.2, 0) is 14.8 Å². The van der Waals surface area contributed by atoms with Crippen molar-refractivity contribution < 1.29 is 27.4 Å². The second kappa shape index (κ2) is 10.6. The van der Waals surface area contributed by atoms with E-state index >= 15 is 0 Å². The number of sulfonamides is 1. The molecule has 33 heavy (non-hydrogen) atoms. The van der Waals surface area contributed by atoms with Crippen LogP contribution in [0.2, 0.25) is 0 Å². The second-order valence-corrected chi connectivity index (χ2v) is 8.45. The Morgan fingerprint density at radius 1 is 0.788 bits per heavy atom. The summed E-state index contributed by atoms with van der Waals surface area (Å²) in [6.45, 7) is 0. The second-order valence-electron chi connectivity index (χ2n) is 6.80. The van der Waals surface area contributed by atoms with E-state index in [1.165, 1.54) is 32.4 Å². The van der Waals surface area contributed by atoms with Crippen molar-refractivity contribution in [1.82, 2.24) is 0 Å². The van der Waals surface area contributed by atoms with Gasteiger partial charge in [-0.2, -0.15) is 0 Å². The first-order valence-electron chi connectivity index (χ1n) is 9.82. The molecule has 3 aromatic carbocycles. The molecule has 1 amide bonds. The van der Waals surface area contributed by atoms with Crippen LogP contribution in [-0.4, -0.2) is 35.7 Å². The number of hydrogen-bond acceptors (Lipinski definition) is 6. The molecule has 0 aliphatic rings. The Labute approximate surface area is 192 Å². The Balaban J connectivity index is 1.77. The summed E-state index contributed by atoms with van der Waals surface area (Å²) in [4.78, 5) is 12.2. The maximum absolute atomic E-state index is 13.0. The van der Waals surface area contributed by atoms with Crippen LogP contribution in [0.5, 0.6) is 17.2 Å². The van der Waals surface area contributed by atoms with E-state index in [9.17, 15) is 13.2 Å². The normalized spacial score (nSPS) is 11.1. The molecular weight excluding hydrogens is 444 g/mol. The van der Waals surface area contributed by atoms with Crippen molar-refractivity contribution in [1.29, 1.82) is 0 Å². The van der Waals surface area contributed by atoms with Gasteiger partial charge in [0.1, 0.15) is 22.1 Å². The minimum atomic E-state index is -3.99. The van der Waals surface area contributed by atoms with Crippen molar-refractivity contribution in [3.05, 3.63) is 78.4 Å². The Morgan fingerprint density at radius 3 is 1.94 bits per heavy atom. The highest BCUT2D eigenvalue weighted by Crippen LogP contribution is 2.29. The van der Waals surface area contributed by atoms with E-state index in [-0.39, 0.29) is 10.6 Å². The van der Waals surface area contributed by atoms with E-state index in [1.807, 2.05) is 12.1 Å². The van der Waals surface area contributed by atoms with Gasteiger partial charge in [0.25, 0.3) is 10.0 Å². The molecule has 0 radical (unpaired) electrons. The summed E-state index contributed by atoms with van der Waals surface area (Å²) in [6.07, 6.45) is 3.00. The fourth-order valence-electron chi connectivity index (χ4n) is 2.90. The molecule has 0 unspecified atom stereocenters. The Hall–Kier alpha value is -3.98. The molecule has 0 saturated heterocycles. The minimum absolute atomic E-state index is 0.113. The van der Waals surface area contributed by atoms with Gasteiger partial charge in [0.05, 0.1) is 21.3 Å². The minimum Gasteiger partial charge on any atom is -0.497 e. The first-order valence-corrected chi connectivity index (χ1v) is 11.3. The molecule has 0 atom stereocenters. The number of amides is 1. The van der Waals surface area contributed by atoms with Gasteiger partial charge in [0.2, 0.25) is 5.91 Å². The lowest BCUT2D eigenvalue weighted by molar-refractivity contribution is -0.111. The zero-order chi connectivity index (χ0) is 23.8. The maximum Gasteiger partial charge on any atom is 0.265 e. The average Bonchev–Trinajstić information content (AvgIpc) is 2.83. The number of carbonyl (C=O) groups is 1. The number of carbonyl (C=O) groups excluding carboxylic acids is 1. The largest absolute Gasteiger partial charge is 0.497 e. The van der Waals surface area contributed by atoms with Crippen LogP contribution in [0, 0.1) is 0 Å². The standard InChI is InChI=1S/C24H24N2O6S/c1-30-20-10-4-17(5-11-20)6-15-24(27)25-19-9-14-22(32-3)23(16-19)33(28,29)26-18-7-12-21(31-2)13-8-18/h4-16,26H,1-3H3,(H,25,27)/b15-6+. The topological polar surface area (TPSA) is 103 Å². The zero-order valence-corrected chi connectivity index (χ0v) is 19.2. The molecule has 0 fully saturated rings. The van der Waals surface area contributed by atoms with E-state index < -0.39 is 15.9 Å². The molecule has 0 spiro atoms. The van der Waals surface area contributed by atoms with Gasteiger partial charge >= 0.3 is 0 Å². The van der Waals surface area contributed by atoms with Crippen LogP contribution in [0.1, 0.15) is 5.56 Å². The van der Waals surface area contributed by atoms with Gasteiger partial charge in [-0.15, -0.1) is 0 Å². The van der Waals surface area contributed by atoms with E-state index in [0.29, 0.717) is 22.9 Å². The van der Waals surface area contributed by atoms with Gasteiger partial charge in [-0.3, -0.25) is 9.52 Å². The predicted octanol–water partition coefficient (Wildman–Crippen LogP) is 4.17. The third-order valence-electron chi connectivity index (χ3n) is 4.61. The van der Waals surface area contributed by atoms with Gasteiger partial charge in [-0.1, -0.05) is 12.1 Å². The fourth-order valence-corrected chi connectivity index (χ4v) is 4.16. The van der Waals surface area contributed by atoms with Crippen molar-refractivity contribution in [2.24, 2.45) is 0 Å². The number of anilines is 2. The lowest BCUT2D eigenvalue weighted by atomic mass is 10.2. The van der Waals surface area contributed by atoms with Crippen molar-refractivity contribution in [3.8, 4) is 17.2 Å². The van der Waals surface area contributed by atoms with E-state index in [4.69, 9.17) is 14.2 Å². The monoisotopic (exact) mass is 468 g/mol. The highest BCUT2D eigenvalue weighted by molar-refractivity contribution is 7.92. The number of ether oxygens (including phenoxy) is 3. The SMILES string of the molecule is COc1ccc(/C=C/C(=O)Nc2ccc(OC)c(S(=O)(=O)Nc3ccc(OC)cc3)c2)cc1. The van der Waals surface area contributed by atoms with Crippen LogP contribution in [0.15, 0.2) is 77.7 Å². The van der Waals surface area contributed by atoms with Gasteiger partial charge < -0.3 is 19.5 Å². The van der Waals surface area contributed by atoms with E-state index in [2.05, 4.69) is 10.0 Å². The molecule has 3 rings (SSSR count). The highest BCUT2D eigenvalue weighted by Gasteiger charge is 2.21. The van der Waals surface area contributed by atoms with Crippen LogP contribution in [0.25, 0.3) is 6.08 Å². The molecule has 8 nitrogen and oxygen atoms in total. The summed E-state index contributed by atoms with van der Waals surface area (Å²) < 4.78 is 43.9. The van der Waals surface area contributed by atoms with E-state index in [1.54, 1.807) is 55.7 Å². The molecule has 0 aromatic heterocycles. The highest BCUT2D eigenvalue weighted by atomic mass is 32.2. The van der Waals surface area contributed by atoms with Gasteiger partial charge in [0, 0.05) is 17.5 Å². The first-order chi connectivity index (χ1) is 15.8. The molecule has 0 aliphatic heterocycles. The number of methoxy groups -OCH3 is 3. The van der Waals surface area contributed by atoms with Crippen molar-refractivity contribution in [2.45, 2.75) is 4.90 Å². The Morgan fingerprint density at radius 2 is 1.36 bits per heavy atom. The summed E-state index contributed by atoms with van der Waals surface area (Å²) in [5.74, 6) is 1.04. The first kappa shape index (κ1) is 23.7. The number of rotatable bonds is 9. The van der Waals surface area contributed by atoms with Crippen molar-refractivity contribution in [2.75, 3.05) is 31.4 Å². The summed E-state index contributed by atoms with van der Waals surface area (Å²) in [7, 11) is 0.481.